The molecular formula is C13H21N2+. The van der Waals surface area contributed by atoms with Gasteiger partial charge in [-0.15, -0.1) is 0 Å². The molecule has 0 saturated heterocycles. The number of nitrogens with zero attached hydrogens (tertiary/aromatic N) is 2. The summed E-state index contributed by atoms with van der Waals surface area (Å²) >= 11 is 0. The van der Waals surface area contributed by atoms with Crippen LogP contribution in [0.15, 0.2) is 18.3 Å². The lowest BCUT2D eigenvalue weighted by atomic mass is 10.2. The first kappa shape index (κ1) is 10.6. The summed E-state index contributed by atoms with van der Waals surface area (Å²) in [6, 6.07) is 5.63. The van der Waals surface area contributed by atoms with E-state index in [9.17, 15) is 0 Å². The van der Waals surface area contributed by atoms with E-state index in [1.54, 1.807) is 0 Å². The van der Waals surface area contributed by atoms with Crippen LogP contribution in [0.5, 0.6) is 0 Å². The van der Waals surface area contributed by atoms with Gasteiger partial charge in [0.15, 0.2) is 17.9 Å². The molecule has 1 aliphatic heterocycles. The fraction of sp³-hybridized carbons (Fsp3) is 0.615. The van der Waals surface area contributed by atoms with E-state index in [1.165, 1.54) is 11.3 Å². The van der Waals surface area contributed by atoms with Gasteiger partial charge in [0, 0.05) is 24.2 Å². The maximum atomic E-state index is 2.52. The lowest BCUT2D eigenvalue weighted by Gasteiger charge is -2.17. The quantitative estimate of drug-likeness (QED) is 0.672. The lowest BCUT2D eigenvalue weighted by Crippen LogP contribution is -2.41. The van der Waals surface area contributed by atoms with Gasteiger partial charge in [0.1, 0.15) is 0 Å². The third-order valence-corrected chi connectivity index (χ3v) is 3.24. The van der Waals surface area contributed by atoms with Crippen molar-refractivity contribution in [3.63, 3.8) is 0 Å². The molecular weight excluding hydrogens is 184 g/mol. The highest BCUT2D eigenvalue weighted by atomic mass is 15.2. The van der Waals surface area contributed by atoms with Crippen molar-refractivity contribution >= 4 is 0 Å². The SMILES string of the molecule is CC(C)N1Cc2ccc[n+](C(C)C)c2C1. The molecule has 0 aliphatic carbocycles. The van der Waals surface area contributed by atoms with Crippen molar-refractivity contribution in [3.05, 3.63) is 29.6 Å². The Kier molecular flexibility index (Phi) is 2.79. The van der Waals surface area contributed by atoms with Gasteiger partial charge < -0.3 is 0 Å². The standard InChI is InChI=1S/C13H21N2/c1-10(2)14-8-12-6-5-7-15(11(3)4)13(12)9-14/h5-7,10-11H,8-9H2,1-4H3/q+1. The molecule has 0 aromatic carbocycles. The second-order valence-corrected chi connectivity index (χ2v) is 4.98. The van der Waals surface area contributed by atoms with E-state index in [1.807, 2.05) is 0 Å². The van der Waals surface area contributed by atoms with Gasteiger partial charge in [0.2, 0.25) is 0 Å². The third kappa shape index (κ3) is 1.91. The number of pyridine rings is 1. The van der Waals surface area contributed by atoms with Crippen LogP contribution >= 0.6 is 0 Å². The number of fused-ring (bicyclic) bond motifs is 1. The first-order valence-corrected chi connectivity index (χ1v) is 5.85. The van der Waals surface area contributed by atoms with Crippen LogP contribution in [-0.4, -0.2) is 10.9 Å². The van der Waals surface area contributed by atoms with Gasteiger partial charge in [-0.1, -0.05) is 0 Å². The molecule has 0 bridgehead atoms. The Hall–Kier alpha value is -0.890. The highest BCUT2D eigenvalue weighted by molar-refractivity contribution is 5.20. The third-order valence-electron chi connectivity index (χ3n) is 3.24. The summed E-state index contributed by atoms with van der Waals surface area (Å²) in [6.07, 6.45) is 2.20. The molecule has 1 aromatic rings. The normalized spacial score (nSPS) is 16.4. The molecule has 0 radical (unpaired) electrons. The van der Waals surface area contributed by atoms with Gasteiger partial charge in [0.05, 0.1) is 6.54 Å². The van der Waals surface area contributed by atoms with Gasteiger partial charge >= 0.3 is 0 Å². The van der Waals surface area contributed by atoms with Crippen molar-refractivity contribution in [2.45, 2.75) is 52.9 Å². The van der Waals surface area contributed by atoms with Gasteiger partial charge in [0.25, 0.3) is 0 Å². The highest BCUT2D eigenvalue weighted by Crippen LogP contribution is 2.22. The van der Waals surface area contributed by atoms with E-state index in [0.717, 1.165) is 13.1 Å². The number of hydrogen-bond acceptors (Lipinski definition) is 1. The maximum absolute atomic E-state index is 2.52. The fourth-order valence-electron chi connectivity index (χ4n) is 2.25. The van der Waals surface area contributed by atoms with Crippen molar-refractivity contribution in [3.8, 4) is 0 Å². The van der Waals surface area contributed by atoms with Crippen molar-refractivity contribution in [2.24, 2.45) is 0 Å². The van der Waals surface area contributed by atoms with Gasteiger partial charge in [-0.25, -0.2) is 0 Å². The summed E-state index contributed by atoms with van der Waals surface area (Å²) < 4.78 is 2.40. The van der Waals surface area contributed by atoms with E-state index in [2.05, 4.69) is 55.5 Å². The molecule has 0 amide bonds. The summed E-state index contributed by atoms with van der Waals surface area (Å²) in [7, 11) is 0. The van der Waals surface area contributed by atoms with Crippen molar-refractivity contribution in [2.75, 3.05) is 0 Å². The molecule has 0 spiro atoms. The molecule has 0 atom stereocenters. The summed E-state index contributed by atoms with van der Waals surface area (Å²) in [5, 5.41) is 0. The molecule has 1 aromatic heterocycles. The number of rotatable bonds is 2. The first-order chi connectivity index (χ1) is 7.09. The van der Waals surface area contributed by atoms with Crippen LogP contribution in [0.2, 0.25) is 0 Å². The van der Waals surface area contributed by atoms with E-state index in [4.69, 9.17) is 0 Å². The Bertz CT molecular complexity index is 356. The van der Waals surface area contributed by atoms with E-state index < -0.39 is 0 Å². The van der Waals surface area contributed by atoms with Crippen LogP contribution in [-0.2, 0) is 13.1 Å². The molecule has 0 N–H and O–H groups in total. The topological polar surface area (TPSA) is 7.12 Å². The van der Waals surface area contributed by atoms with E-state index >= 15 is 0 Å². The van der Waals surface area contributed by atoms with Crippen LogP contribution in [0, 0.1) is 0 Å². The van der Waals surface area contributed by atoms with Gasteiger partial charge in [-0.2, -0.15) is 4.57 Å². The Labute approximate surface area is 92.5 Å². The first-order valence-electron chi connectivity index (χ1n) is 5.85. The molecule has 2 rings (SSSR count). The number of aromatic nitrogens is 1. The van der Waals surface area contributed by atoms with Crippen LogP contribution < -0.4 is 4.57 Å². The molecule has 0 fully saturated rings. The van der Waals surface area contributed by atoms with Gasteiger partial charge in [-0.3, -0.25) is 4.90 Å². The molecule has 1 aliphatic rings. The van der Waals surface area contributed by atoms with Crippen molar-refractivity contribution < 1.29 is 4.57 Å². The highest BCUT2D eigenvalue weighted by Gasteiger charge is 2.29. The zero-order valence-corrected chi connectivity index (χ0v) is 10.2. The molecule has 2 heteroatoms. The zero-order chi connectivity index (χ0) is 11.0. The largest absolute Gasteiger partial charge is 0.287 e. The van der Waals surface area contributed by atoms with Crippen LogP contribution in [0.3, 0.4) is 0 Å². The average molecular weight is 205 g/mol. The predicted molar refractivity (Wildman–Crippen MR) is 61.4 cm³/mol. The molecule has 2 nitrogen and oxygen atoms in total. The number of hydrogen-bond donors (Lipinski definition) is 0. The lowest BCUT2D eigenvalue weighted by molar-refractivity contribution is -0.723. The maximum Gasteiger partial charge on any atom is 0.200 e. The minimum Gasteiger partial charge on any atom is -0.287 e. The zero-order valence-electron chi connectivity index (χ0n) is 10.2. The van der Waals surface area contributed by atoms with E-state index in [-0.39, 0.29) is 0 Å². The van der Waals surface area contributed by atoms with Crippen LogP contribution in [0.1, 0.15) is 45.0 Å². The molecule has 0 unspecified atom stereocenters. The fourth-order valence-corrected chi connectivity index (χ4v) is 2.25. The second kappa shape index (κ2) is 3.93. The minimum atomic E-state index is 0.562. The van der Waals surface area contributed by atoms with Gasteiger partial charge in [-0.05, 0) is 33.8 Å². The molecule has 15 heavy (non-hydrogen) atoms. The van der Waals surface area contributed by atoms with Crippen LogP contribution in [0.25, 0.3) is 0 Å². The minimum absolute atomic E-state index is 0.562. The average Bonchev–Trinajstić information content (AvgIpc) is 2.60. The smallest absolute Gasteiger partial charge is 0.200 e. The molecule has 0 saturated carbocycles. The summed E-state index contributed by atoms with van der Waals surface area (Å²) in [6.45, 7) is 11.3. The predicted octanol–water partition coefficient (Wildman–Crippen LogP) is 2.28. The summed E-state index contributed by atoms with van der Waals surface area (Å²) in [5.41, 5.74) is 3.00. The Morgan fingerprint density at radius 1 is 1.20 bits per heavy atom. The monoisotopic (exact) mass is 205 g/mol. The van der Waals surface area contributed by atoms with Crippen LogP contribution in [0.4, 0.5) is 0 Å². The Balaban J connectivity index is 2.33. The second-order valence-electron chi connectivity index (χ2n) is 4.98. The molecule has 2 heterocycles. The van der Waals surface area contributed by atoms with Crippen molar-refractivity contribution in [1.29, 1.82) is 0 Å². The van der Waals surface area contributed by atoms with Crippen molar-refractivity contribution in [1.82, 2.24) is 4.90 Å². The Morgan fingerprint density at radius 3 is 2.53 bits per heavy atom. The summed E-state index contributed by atoms with van der Waals surface area (Å²) in [4.78, 5) is 2.52. The molecule has 82 valence electrons. The summed E-state index contributed by atoms with van der Waals surface area (Å²) in [5.74, 6) is 0. The van der Waals surface area contributed by atoms with E-state index in [0.29, 0.717) is 12.1 Å². The Morgan fingerprint density at radius 2 is 1.93 bits per heavy atom.